The van der Waals surface area contributed by atoms with Gasteiger partial charge in [0.15, 0.2) is 0 Å². The van der Waals surface area contributed by atoms with Crippen LogP contribution in [-0.2, 0) is 12.5 Å². The van der Waals surface area contributed by atoms with Gasteiger partial charge in [-0.15, -0.1) is 0 Å². The molecule has 0 unspecified atom stereocenters. The monoisotopic (exact) mass is 383 g/mol. The van der Waals surface area contributed by atoms with Crippen molar-refractivity contribution in [3.05, 3.63) is 64.2 Å². The third-order valence-corrected chi connectivity index (χ3v) is 6.22. The van der Waals surface area contributed by atoms with E-state index in [0.29, 0.717) is 17.9 Å². The van der Waals surface area contributed by atoms with Crippen molar-refractivity contribution >= 4 is 17.2 Å². The minimum Gasteiger partial charge on any atom is -0.350 e. The summed E-state index contributed by atoms with van der Waals surface area (Å²) in [4.78, 5) is 12.8. The maximum atomic E-state index is 13.1. The molecule has 3 aromatic rings. The molecule has 1 aromatic carbocycles. The van der Waals surface area contributed by atoms with Gasteiger partial charge in [-0.1, -0.05) is 12.8 Å². The number of aryl methyl sites for hydroxylation is 1. The molecule has 4 rings (SSSR count). The van der Waals surface area contributed by atoms with Crippen LogP contribution >= 0.6 is 11.3 Å². The minimum absolute atomic E-state index is 0.0496. The van der Waals surface area contributed by atoms with Crippen LogP contribution in [0, 0.1) is 5.82 Å². The number of amides is 1. The quantitative estimate of drug-likeness (QED) is 0.704. The van der Waals surface area contributed by atoms with Crippen molar-refractivity contribution in [2.75, 3.05) is 6.54 Å². The Morgan fingerprint density at radius 3 is 2.67 bits per heavy atom. The Labute approximate surface area is 162 Å². The van der Waals surface area contributed by atoms with Crippen molar-refractivity contribution in [3.63, 3.8) is 0 Å². The van der Waals surface area contributed by atoms with E-state index in [1.54, 1.807) is 41.3 Å². The standard InChI is InChI=1S/C21H22FN3OS/c1-25-19(12-18(24-25)15-4-6-17(22)7-5-15)20(26)23-14-21(9-2-3-10-21)16-8-11-27-13-16/h4-8,11-13H,2-3,9-10,14H2,1H3,(H,23,26). The zero-order chi connectivity index (χ0) is 18.9. The maximum absolute atomic E-state index is 13.1. The number of rotatable bonds is 5. The molecule has 1 fully saturated rings. The van der Waals surface area contributed by atoms with Gasteiger partial charge in [0.25, 0.3) is 5.91 Å². The van der Waals surface area contributed by atoms with Crippen LogP contribution in [0.1, 0.15) is 41.7 Å². The van der Waals surface area contributed by atoms with E-state index in [4.69, 9.17) is 0 Å². The number of nitrogens with zero attached hydrogens (tertiary/aromatic N) is 2. The number of aromatic nitrogens is 2. The molecule has 2 heterocycles. The van der Waals surface area contributed by atoms with Gasteiger partial charge < -0.3 is 5.32 Å². The first-order chi connectivity index (χ1) is 13.1. The molecule has 2 aromatic heterocycles. The summed E-state index contributed by atoms with van der Waals surface area (Å²) in [6.07, 6.45) is 4.62. The van der Waals surface area contributed by atoms with Crippen molar-refractivity contribution in [3.8, 4) is 11.3 Å². The number of hydrogen-bond acceptors (Lipinski definition) is 3. The predicted molar refractivity (Wildman–Crippen MR) is 105 cm³/mol. The van der Waals surface area contributed by atoms with Crippen LogP contribution in [-0.4, -0.2) is 22.2 Å². The fourth-order valence-electron chi connectivity index (χ4n) is 3.97. The van der Waals surface area contributed by atoms with E-state index in [-0.39, 0.29) is 17.1 Å². The van der Waals surface area contributed by atoms with E-state index >= 15 is 0 Å². The minimum atomic E-state index is -0.289. The van der Waals surface area contributed by atoms with Crippen LogP contribution in [0.2, 0.25) is 0 Å². The summed E-state index contributed by atoms with van der Waals surface area (Å²) in [7, 11) is 1.76. The Morgan fingerprint density at radius 2 is 2.00 bits per heavy atom. The van der Waals surface area contributed by atoms with Crippen molar-refractivity contribution in [1.82, 2.24) is 15.1 Å². The molecule has 0 saturated heterocycles. The summed E-state index contributed by atoms with van der Waals surface area (Å²) in [5.74, 6) is -0.414. The van der Waals surface area contributed by atoms with Gasteiger partial charge in [-0.05, 0) is 65.6 Å². The van der Waals surface area contributed by atoms with E-state index in [2.05, 4.69) is 27.2 Å². The lowest BCUT2D eigenvalue weighted by Gasteiger charge is -2.28. The average Bonchev–Trinajstić information content (AvgIpc) is 3.41. The van der Waals surface area contributed by atoms with E-state index in [0.717, 1.165) is 18.4 Å². The van der Waals surface area contributed by atoms with Gasteiger partial charge >= 0.3 is 0 Å². The molecule has 140 valence electrons. The van der Waals surface area contributed by atoms with E-state index in [1.165, 1.54) is 30.5 Å². The number of halogens is 1. The fraction of sp³-hybridized carbons (Fsp3) is 0.333. The summed E-state index contributed by atoms with van der Waals surface area (Å²) < 4.78 is 14.7. The number of benzene rings is 1. The second-order valence-corrected chi connectivity index (χ2v) is 8.01. The highest BCUT2D eigenvalue weighted by Gasteiger charge is 2.36. The molecule has 0 radical (unpaired) electrons. The second kappa shape index (κ2) is 7.27. The Balaban J connectivity index is 1.51. The van der Waals surface area contributed by atoms with Crippen molar-refractivity contribution in [2.45, 2.75) is 31.1 Å². The molecule has 0 aliphatic heterocycles. The van der Waals surface area contributed by atoms with E-state index < -0.39 is 0 Å². The summed E-state index contributed by atoms with van der Waals surface area (Å²) in [5.41, 5.74) is 3.34. The van der Waals surface area contributed by atoms with Crippen LogP contribution in [0.15, 0.2) is 47.2 Å². The fourth-order valence-corrected chi connectivity index (χ4v) is 4.75. The van der Waals surface area contributed by atoms with Crippen LogP contribution in [0.25, 0.3) is 11.3 Å². The third kappa shape index (κ3) is 3.54. The van der Waals surface area contributed by atoms with Gasteiger partial charge in [0.1, 0.15) is 11.5 Å². The highest BCUT2D eigenvalue weighted by molar-refractivity contribution is 7.08. The predicted octanol–water partition coefficient (Wildman–Crippen LogP) is 4.53. The highest BCUT2D eigenvalue weighted by Crippen LogP contribution is 2.41. The maximum Gasteiger partial charge on any atom is 0.269 e. The smallest absolute Gasteiger partial charge is 0.269 e. The van der Waals surface area contributed by atoms with Crippen LogP contribution in [0.5, 0.6) is 0 Å². The molecule has 1 amide bonds. The third-order valence-electron chi connectivity index (χ3n) is 5.53. The largest absolute Gasteiger partial charge is 0.350 e. The lowest BCUT2D eigenvalue weighted by Crippen LogP contribution is -2.39. The van der Waals surface area contributed by atoms with Gasteiger partial charge in [0.2, 0.25) is 0 Å². The van der Waals surface area contributed by atoms with Crippen LogP contribution in [0.4, 0.5) is 4.39 Å². The lowest BCUT2D eigenvalue weighted by atomic mass is 9.80. The Hall–Kier alpha value is -2.47. The van der Waals surface area contributed by atoms with Gasteiger partial charge in [-0.2, -0.15) is 16.4 Å². The summed E-state index contributed by atoms with van der Waals surface area (Å²) in [5, 5.41) is 11.9. The van der Waals surface area contributed by atoms with E-state index in [9.17, 15) is 9.18 Å². The SMILES string of the molecule is Cn1nc(-c2ccc(F)cc2)cc1C(=O)NCC1(c2ccsc2)CCCC1. The molecule has 0 atom stereocenters. The van der Waals surface area contributed by atoms with Crippen molar-refractivity contribution < 1.29 is 9.18 Å². The summed E-state index contributed by atoms with van der Waals surface area (Å²) in [6.45, 7) is 0.639. The van der Waals surface area contributed by atoms with Crippen LogP contribution < -0.4 is 5.32 Å². The lowest BCUT2D eigenvalue weighted by molar-refractivity contribution is 0.0933. The number of hydrogen-bond donors (Lipinski definition) is 1. The first kappa shape index (κ1) is 17.9. The van der Waals surface area contributed by atoms with Gasteiger partial charge in [0, 0.05) is 24.6 Å². The Kier molecular flexibility index (Phi) is 4.83. The molecule has 4 nitrogen and oxygen atoms in total. The highest BCUT2D eigenvalue weighted by atomic mass is 32.1. The molecule has 1 aliphatic carbocycles. The van der Waals surface area contributed by atoms with Gasteiger partial charge in [0.05, 0.1) is 5.69 Å². The van der Waals surface area contributed by atoms with E-state index in [1.807, 2.05) is 0 Å². The van der Waals surface area contributed by atoms with Crippen LogP contribution in [0.3, 0.4) is 0 Å². The average molecular weight is 383 g/mol. The topological polar surface area (TPSA) is 46.9 Å². The second-order valence-electron chi connectivity index (χ2n) is 7.23. The van der Waals surface area contributed by atoms with Crippen molar-refractivity contribution in [1.29, 1.82) is 0 Å². The zero-order valence-electron chi connectivity index (χ0n) is 15.2. The number of carbonyl (C=O) groups is 1. The Morgan fingerprint density at radius 1 is 1.26 bits per heavy atom. The summed E-state index contributed by atoms with van der Waals surface area (Å²) in [6, 6.07) is 10.1. The molecular weight excluding hydrogens is 361 g/mol. The summed E-state index contributed by atoms with van der Waals surface area (Å²) >= 11 is 1.71. The Bertz CT molecular complexity index is 925. The van der Waals surface area contributed by atoms with Gasteiger partial charge in [-0.3, -0.25) is 9.48 Å². The number of nitrogens with one attached hydrogen (secondary N) is 1. The van der Waals surface area contributed by atoms with Crippen molar-refractivity contribution in [2.24, 2.45) is 7.05 Å². The molecular formula is C21H22FN3OS. The number of thiophene rings is 1. The number of carbonyl (C=O) groups excluding carboxylic acids is 1. The zero-order valence-corrected chi connectivity index (χ0v) is 16.1. The normalized spacial score (nSPS) is 15.8. The van der Waals surface area contributed by atoms with Gasteiger partial charge in [-0.25, -0.2) is 4.39 Å². The molecule has 6 heteroatoms. The molecule has 27 heavy (non-hydrogen) atoms. The first-order valence-corrected chi connectivity index (χ1v) is 10.1. The molecule has 1 saturated carbocycles. The molecule has 0 spiro atoms. The molecule has 0 bridgehead atoms. The molecule has 1 aliphatic rings. The molecule has 1 N–H and O–H groups in total. The first-order valence-electron chi connectivity index (χ1n) is 9.18.